The first-order chi connectivity index (χ1) is 8.52. The van der Waals surface area contributed by atoms with Crippen LogP contribution >= 0.6 is 27.3 Å². The minimum Gasteiger partial charge on any atom is -0.465 e. The minimum absolute atomic E-state index is 0.361. The molecule has 0 N–H and O–H groups in total. The van der Waals surface area contributed by atoms with Crippen molar-refractivity contribution in [2.75, 3.05) is 7.11 Å². The van der Waals surface area contributed by atoms with Crippen molar-refractivity contribution < 1.29 is 13.9 Å². The second-order valence-corrected chi connectivity index (χ2v) is 5.41. The number of aromatic nitrogens is 1. The number of hydrogen-bond acceptors (Lipinski definition) is 4. The van der Waals surface area contributed by atoms with Gasteiger partial charge in [0.2, 0.25) is 0 Å². The van der Waals surface area contributed by atoms with Gasteiger partial charge >= 0.3 is 5.97 Å². The second-order valence-electron chi connectivity index (χ2n) is 3.55. The third-order valence-corrected chi connectivity index (χ3v) is 4.16. The van der Waals surface area contributed by atoms with E-state index in [0.29, 0.717) is 25.6 Å². The summed E-state index contributed by atoms with van der Waals surface area (Å²) in [4.78, 5) is 16.2. The van der Waals surface area contributed by atoms with Gasteiger partial charge in [-0.2, -0.15) is 0 Å². The third kappa shape index (κ3) is 2.44. The number of carbonyl (C=O) groups excluding carboxylic acids is 1. The number of aryl methyl sites for hydroxylation is 1. The summed E-state index contributed by atoms with van der Waals surface area (Å²) in [7, 11) is 1.32. The van der Waals surface area contributed by atoms with Crippen LogP contribution in [0.15, 0.2) is 22.7 Å². The fourth-order valence-electron chi connectivity index (χ4n) is 1.43. The number of rotatable bonds is 2. The van der Waals surface area contributed by atoms with Crippen LogP contribution in [0.3, 0.4) is 0 Å². The highest BCUT2D eigenvalue weighted by Crippen LogP contribution is 2.30. The molecule has 1 heterocycles. The molecule has 0 aliphatic carbocycles. The summed E-state index contributed by atoms with van der Waals surface area (Å²) in [6.07, 6.45) is 0. The largest absolute Gasteiger partial charge is 0.465 e. The number of nitrogens with zero attached hydrogens (tertiary/aromatic N) is 1. The third-order valence-electron chi connectivity index (χ3n) is 2.33. The molecule has 6 heteroatoms. The van der Waals surface area contributed by atoms with E-state index in [1.165, 1.54) is 24.5 Å². The van der Waals surface area contributed by atoms with Gasteiger partial charge in [0.05, 0.1) is 17.3 Å². The van der Waals surface area contributed by atoms with Crippen molar-refractivity contribution >= 4 is 33.2 Å². The number of thiazole rings is 1. The second kappa shape index (κ2) is 5.16. The molecule has 2 rings (SSSR count). The van der Waals surface area contributed by atoms with Gasteiger partial charge in [0, 0.05) is 5.56 Å². The monoisotopic (exact) mass is 329 g/mol. The van der Waals surface area contributed by atoms with E-state index in [1.807, 2.05) is 0 Å². The number of carbonyl (C=O) groups is 1. The summed E-state index contributed by atoms with van der Waals surface area (Å²) < 4.78 is 18.5. The zero-order chi connectivity index (χ0) is 13.3. The summed E-state index contributed by atoms with van der Waals surface area (Å²) >= 11 is 4.28. The van der Waals surface area contributed by atoms with Gasteiger partial charge in [-0.3, -0.25) is 0 Å². The number of hydrogen-bond donors (Lipinski definition) is 0. The number of halogens is 2. The average molecular weight is 330 g/mol. The highest BCUT2D eigenvalue weighted by molar-refractivity contribution is 9.10. The molecule has 0 aliphatic rings. The molecule has 0 amide bonds. The Kier molecular flexibility index (Phi) is 3.77. The van der Waals surface area contributed by atoms with Crippen LogP contribution in [0.4, 0.5) is 4.39 Å². The van der Waals surface area contributed by atoms with E-state index in [4.69, 9.17) is 0 Å². The molecule has 0 fully saturated rings. The molecule has 0 spiro atoms. The van der Waals surface area contributed by atoms with Crippen molar-refractivity contribution in [1.82, 2.24) is 4.98 Å². The first-order valence-electron chi connectivity index (χ1n) is 5.04. The highest BCUT2D eigenvalue weighted by atomic mass is 79.9. The van der Waals surface area contributed by atoms with Gasteiger partial charge in [0.1, 0.15) is 15.7 Å². The molecule has 0 aliphatic heterocycles. The maximum atomic E-state index is 13.4. The van der Waals surface area contributed by atoms with Crippen molar-refractivity contribution in [3.63, 3.8) is 0 Å². The first-order valence-corrected chi connectivity index (χ1v) is 6.65. The van der Waals surface area contributed by atoms with Crippen LogP contribution in [0.1, 0.15) is 15.4 Å². The highest BCUT2D eigenvalue weighted by Gasteiger charge is 2.17. The molecule has 1 aromatic heterocycles. The molecule has 0 bridgehead atoms. The van der Waals surface area contributed by atoms with Crippen molar-refractivity contribution in [3.05, 3.63) is 39.1 Å². The summed E-state index contributed by atoms with van der Waals surface area (Å²) in [5.74, 6) is -0.784. The van der Waals surface area contributed by atoms with Crippen LogP contribution in [0.5, 0.6) is 0 Å². The van der Waals surface area contributed by atoms with Crippen LogP contribution in [0.25, 0.3) is 10.6 Å². The normalized spacial score (nSPS) is 10.4. The molecule has 0 saturated heterocycles. The minimum atomic E-state index is -0.422. The molecular formula is C12H9BrFNO2S. The Morgan fingerprint density at radius 1 is 1.50 bits per heavy atom. The number of ether oxygens (including phenoxy) is 1. The molecule has 18 heavy (non-hydrogen) atoms. The molecule has 94 valence electrons. The Hall–Kier alpha value is -1.27. The number of benzene rings is 1. The Labute approximate surface area is 116 Å². The SMILES string of the molecule is COC(=O)c1sc(-c2ccc(Br)c(F)c2)nc1C. The lowest BCUT2D eigenvalue weighted by Crippen LogP contribution is -1.99. The van der Waals surface area contributed by atoms with Gasteiger partial charge in [-0.25, -0.2) is 14.2 Å². The van der Waals surface area contributed by atoms with Crippen molar-refractivity contribution in [1.29, 1.82) is 0 Å². The van der Waals surface area contributed by atoms with Gasteiger partial charge in [0.15, 0.2) is 0 Å². The Bertz CT molecular complexity index is 612. The number of methoxy groups -OCH3 is 1. The standard InChI is InChI=1S/C12H9BrFNO2S/c1-6-10(12(16)17-2)18-11(15-6)7-3-4-8(13)9(14)5-7/h3-5H,1-2H3. The van der Waals surface area contributed by atoms with E-state index in [1.54, 1.807) is 19.1 Å². The smallest absolute Gasteiger partial charge is 0.349 e. The van der Waals surface area contributed by atoms with E-state index in [0.717, 1.165) is 0 Å². The van der Waals surface area contributed by atoms with E-state index in [-0.39, 0.29) is 5.82 Å². The van der Waals surface area contributed by atoms with Crippen LogP contribution in [-0.2, 0) is 4.74 Å². The molecular weight excluding hydrogens is 321 g/mol. The van der Waals surface area contributed by atoms with Gasteiger partial charge in [-0.15, -0.1) is 11.3 Å². The zero-order valence-corrected chi connectivity index (χ0v) is 12.1. The summed E-state index contributed by atoms with van der Waals surface area (Å²) in [6.45, 7) is 1.72. The lowest BCUT2D eigenvalue weighted by Gasteiger charge is -1.98. The van der Waals surface area contributed by atoms with Crippen LogP contribution in [0, 0.1) is 12.7 Å². The summed E-state index contributed by atoms with van der Waals surface area (Å²) in [6, 6.07) is 4.73. The van der Waals surface area contributed by atoms with Crippen LogP contribution in [-0.4, -0.2) is 18.1 Å². The van der Waals surface area contributed by atoms with Gasteiger partial charge in [-0.1, -0.05) is 6.07 Å². The summed E-state index contributed by atoms with van der Waals surface area (Å²) in [5.41, 5.74) is 1.23. The maximum absolute atomic E-state index is 13.4. The fraction of sp³-hybridized carbons (Fsp3) is 0.167. The van der Waals surface area contributed by atoms with Crippen molar-refractivity contribution in [2.45, 2.75) is 6.92 Å². The predicted octanol–water partition coefficient (Wildman–Crippen LogP) is 3.81. The van der Waals surface area contributed by atoms with Gasteiger partial charge in [0.25, 0.3) is 0 Å². The van der Waals surface area contributed by atoms with Gasteiger partial charge < -0.3 is 4.74 Å². The van der Waals surface area contributed by atoms with Gasteiger partial charge in [-0.05, 0) is 35.0 Å². The Morgan fingerprint density at radius 2 is 2.22 bits per heavy atom. The number of esters is 1. The van der Waals surface area contributed by atoms with E-state index >= 15 is 0 Å². The van der Waals surface area contributed by atoms with Crippen molar-refractivity contribution in [3.8, 4) is 10.6 Å². The quantitative estimate of drug-likeness (QED) is 0.786. The molecule has 2 aromatic rings. The van der Waals surface area contributed by atoms with E-state index in [2.05, 4.69) is 25.7 Å². The van der Waals surface area contributed by atoms with E-state index in [9.17, 15) is 9.18 Å². The summed E-state index contributed by atoms with van der Waals surface area (Å²) in [5, 5.41) is 0.597. The molecule has 0 atom stereocenters. The molecule has 0 radical (unpaired) electrons. The molecule has 1 aromatic carbocycles. The Balaban J connectivity index is 2.45. The fourth-order valence-corrected chi connectivity index (χ4v) is 2.66. The van der Waals surface area contributed by atoms with Crippen molar-refractivity contribution in [2.24, 2.45) is 0 Å². The molecule has 3 nitrogen and oxygen atoms in total. The lowest BCUT2D eigenvalue weighted by atomic mass is 10.2. The van der Waals surface area contributed by atoms with E-state index < -0.39 is 5.97 Å². The Morgan fingerprint density at radius 3 is 2.83 bits per heavy atom. The van der Waals surface area contributed by atoms with Crippen LogP contribution < -0.4 is 0 Å². The molecule has 0 unspecified atom stereocenters. The van der Waals surface area contributed by atoms with Crippen LogP contribution in [0.2, 0.25) is 0 Å². The maximum Gasteiger partial charge on any atom is 0.349 e. The first kappa shape index (κ1) is 13.2. The molecule has 0 saturated carbocycles. The average Bonchev–Trinajstić information content (AvgIpc) is 2.74. The predicted molar refractivity (Wildman–Crippen MR) is 71.3 cm³/mol. The topological polar surface area (TPSA) is 39.2 Å². The lowest BCUT2D eigenvalue weighted by molar-refractivity contribution is 0.0605. The zero-order valence-electron chi connectivity index (χ0n) is 9.66.